The van der Waals surface area contributed by atoms with Gasteiger partial charge in [0.25, 0.3) is 0 Å². The lowest BCUT2D eigenvalue weighted by Crippen LogP contribution is -2.23. The van der Waals surface area contributed by atoms with Crippen LogP contribution in [0, 0.1) is 0 Å². The Morgan fingerprint density at radius 3 is 2.36 bits per heavy atom. The van der Waals surface area contributed by atoms with Crippen molar-refractivity contribution in [2.45, 2.75) is 18.0 Å². The summed E-state index contributed by atoms with van der Waals surface area (Å²) in [6.07, 6.45) is 1.71. The lowest BCUT2D eigenvalue weighted by atomic mass is 10.2. The first-order valence-electron chi connectivity index (χ1n) is 7.51. The fourth-order valence-corrected chi connectivity index (χ4v) is 4.10. The van der Waals surface area contributed by atoms with Crippen molar-refractivity contribution in [1.82, 2.24) is 9.71 Å². The number of nitrogens with zero attached hydrogens (tertiary/aromatic N) is 1. The predicted molar refractivity (Wildman–Crippen MR) is 101 cm³/mol. The van der Waals surface area contributed by atoms with Gasteiger partial charge >= 0.3 is 0 Å². The molecule has 0 fully saturated rings. The number of thiazole rings is 1. The van der Waals surface area contributed by atoms with Crippen LogP contribution in [0.3, 0.4) is 0 Å². The summed E-state index contributed by atoms with van der Waals surface area (Å²) < 4.78 is 27.8. The highest BCUT2D eigenvalue weighted by molar-refractivity contribution is 7.89. The first-order valence-corrected chi connectivity index (χ1v) is 10.2. The van der Waals surface area contributed by atoms with E-state index in [1.54, 1.807) is 30.5 Å². The summed E-state index contributed by atoms with van der Waals surface area (Å²) in [5.41, 5.74) is 1.74. The lowest BCUT2D eigenvalue weighted by molar-refractivity contribution is 0.581. The Bertz CT molecular complexity index is 926. The van der Waals surface area contributed by atoms with Gasteiger partial charge in [0.1, 0.15) is 0 Å². The smallest absolute Gasteiger partial charge is 0.240 e. The van der Waals surface area contributed by atoms with Crippen molar-refractivity contribution in [2.24, 2.45) is 0 Å². The minimum atomic E-state index is -3.54. The fourth-order valence-electron chi connectivity index (χ4n) is 2.16. The van der Waals surface area contributed by atoms with E-state index in [1.165, 1.54) is 11.3 Å². The second-order valence-corrected chi connectivity index (χ2v) is 8.73. The first-order chi connectivity index (χ1) is 12.0. The van der Waals surface area contributed by atoms with Gasteiger partial charge in [-0.1, -0.05) is 41.9 Å². The molecule has 0 aliphatic carbocycles. The van der Waals surface area contributed by atoms with Gasteiger partial charge in [0.05, 0.1) is 11.4 Å². The van der Waals surface area contributed by atoms with E-state index >= 15 is 0 Å². The maximum atomic E-state index is 12.3. The van der Waals surface area contributed by atoms with Crippen molar-refractivity contribution in [2.75, 3.05) is 5.32 Å². The maximum absolute atomic E-state index is 12.3. The Hall–Kier alpha value is -1.93. The van der Waals surface area contributed by atoms with Crippen molar-refractivity contribution in [3.63, 3.8) is 0 Å². The average molecular weight is 394 g/mol. The molecular formula is C17H16ClN3O2S2. The van der Waals surface area contributed by atoms with Crippen LogP contribution in [0.4, 0.5) is 5.69 Å². The molecule has 5 nitrogen and oxygen atoms in total. The van der Waals surface area contributed by atoms with Gasteiger partial charge in [-0.2, -0.15) is 0 Å². The molecule has 0 aliphatic heterocycles. The molecule has 3 rings (SSSR count). The zero-order valence-electron chi connectivity index (χ0n) is 13.1. The van der Waals surface area contributed by atoms with E-state index in [-0.39, 0.29) is 11.4 Å². The molecule has 0 aliphatic rings. The van der Waals surface area contributed by atoms with E-state index < -0.39 is 10.0 Å². The summed E-state index contributed by atoms with van der Waals surface area (Å²) in [7, 11) is -3.54. The number of aromatic nitrogens is 1. The normalized spacial score (nSPS) is 11.4. The number of halogens is 1. The molecule has 0 saturated heterocycles. The SMILES string of the molecule is O=S(=O)(NCc1ccccc1)c1ccc(NCc2cnc(Cl)s2)cc1. The Morgan fingerprint density at radius 2 is 1.72 bits per heavy atom. The molecule has 2 N–H and O–H groups in total. The largest absolute Gasteiger partial charge is 0.380 e. The molecule has 8 heteroatoms. The van der Waals surface area contributed by atoms with Crippen LogP contribution >= 0.6 is 22.9 Å². The minimum absolute atomic E-state index is 0.231. The number of rotatable bonds is 7. The molecule has 25 heavy (non-hydrogen) atoms. The number of hydrogen-bond acceptors (Lipinski definition) is 5. The van der Waals surface area contributed by atoms with Crippen LogP contribution in [-0.2, 0) is 23.1 Å². The van der Waals surface area contributed by atoms with E-state index in [1.807, 2.05) is 30.3 Å². The third-order valence-electron chi connectivity index (χ3n) is 3.47. The summed E-state index contributed by atoms with van der Waals surface area (Å²) in [6, 6.07) is 16.0. The minimum Gasteiger partial charge on any atom is -0.380 e. The van der Waals surface area contributed by atoms with Crippen LogP contribution in [0.2, 0.25) is 4.47 Å². The zero-order valence-corrected chi connectivity index (χ0v) is 15.5. The van der Waals surface area contributed by atoms with Crippen LogP contribution in [0.15, 0.2) is 65.7 Å². The van der Waals surface area contributed by atoms with Gasteiger partial charge < -0.3 is 5.32 Å². The second kappa shape index (κ2) is 7.97. The number of sulfonamides is 1. The molecular weight excluding hydrogens is 378 g/mol. The van der Waals surface area contributed by atoms with Gasteiger partial charge in [-0.15, -0.1) is 11.3 Å². The molecule has 1 aromatic heterocycles. The van der Waals surface area contributed by atoms with Crippen molar-refractivity contribution in [3.05, 3.63) is 75.7 Å². The van der Waals surface area contributed by atoms with Crippen LogP contribution < -0.4 is 10.0 Å². The van der Waals surface area contributed by atoms with Gasteiger partial charge in [0.2, 0.25) is 10.0 Å². The Balaban J connectivity index is 1.60. The van der Waals surface area contributed by atoms with Gasteiger partial charge in [-0.05, 0) is 29.8 Å². The molecule has 0 spiro atoms. The van der Waals surface area contributed by atoms with Crippen molar-refractivity contribution in [1.29, 1.82) is 0 Å². The maximum Gasteiger partial charge on any atom is 0.240 e. The summed E-state index contributed by atoms with van der Waals surface area (Å²) >= 11 is 7.20. The van der Waals surface area contributed by atoms with E-state index in [4.69, 9.17) is 11.6 Å². The monoisotopic (exact) mass is 393 g/mol. The van der Waals surface area contributed by atoms with Gasteiger partial charge in [-0.25, -0.2) is 18.1 Å². The van der Waals surface area contributed by atoms with Gasteiger partial charge in [-0.3, -0.25) is 0 Å². The number of nitrogens with one attached hydrogen (secondary N) is 2. The molecule has 130 valence electrons. The molecule has 0 unspecified atom stereocenters. The third-order valence-corrected chi connectivity index (χ3v) is 6.00. The molecule has 0 bridgehead atoms. The number of anilines is 1. The molecule has 0 atom stereocenters. The summed E-state index contributed by atoms with van der Waals surface area (Å²) in [6.45, 7) is 0.845. The molecule has 0 amide bonds. The third kappa shape index (κ3) is 5.02. The van der Waals surface area contributed by atoms with Gasteiger partial charge in [0, 0.05) is 23.3 Å². The van der Waals surface area contributed by atoms with Crippen molar-refractivity contribution >= 4 is 38.6 Å². The highest BCUT2D eigenvalue weighted by Gasteiger charge is 2.13. The quantitative estimate of drug-likeness (QED) is 0.638. The Kier molecular flexibility index (Phi) is 5.70. The zero-order chi connectivity index (χ0) is 17.7. The average Bonchev–Trinajstić information content (AvgIpc) is 3.05. The Labute approximate surface area is 155 Å². The van der Waals surface area contributed by atoms with E-state index in [0.717, 1.165) is 16.1 Å². The van der Waals surface area contributed by atoms with E-state index in [9.17, 15) is 8.42 Å². The topological polar surface area (TPSA) is 71.1 Å². The summed E-state index contributed by atoms with van der Waals surface area (Å²) in [5.74, 6) is 0. The summed E-state index contributed by atoms with van der Waals surface area (Å²) in [5, 5.41) is 3.21. The molecule has 0 saturated carbocycles. The summed E-state index contributed by atoms with van der Waals surface area (Å²) in [4.78, 5) is 5.21. The van der Waals surface area contributed by atoms with E-state index in [0.29, 0.717) is 11.0 Å². The van der Waals surface area contributed by atoms with Crippen molar-refractivity contribution < 1.29 is 8.42 Å². The lowest BCUT2D eigenvalue weighted by Gasteiger charge is -2.09. The highest BCUT2D eigenvalue weighted by Crippen LogP contribution is 2.20. The van der Waals surface area contributed by atoms with Crippen molar-refractivity contribution in [3.8, 4) is 0 Å². The molecule has 0 radical (unpaired) electrons. The van der Waals surface area contributed by atoms with Crippen LogP contribution in [0.1, 0.15) is 10.4 Å². The van der Waals surface area contributed by atoms with Gasteiger partial charge in [0.15, 0.2) is 4.47 Å². The predicted octanol–water partition coefficient (Wildman–Crippen LogP) is 3.89. The van der Waals surface area contributed by atoms with E-state index in [2.05, 4.69) is 15.0 Å². The Morgan fingerprint density at radius 1 is 1.00 bits per heavy atom. The highest BCUT2D eigenvalue weighted by atomic mass is 35.5. The first kappa shape index (κ1) is 17.9. The van der Waals surface area contributed by atoms with Crippen LogP contribution in [0.5, 0.6) is 0 Å². The standard InChI is InChI=1S/C17H16ClN3O2S2/c18-17-20-12-15(24-17)11-19-14-6-8-16(9-7-14)25(22,23)21-10-13-4-2-1-3-5-13/h1-9,12,19,21H,10-11H2. The fraction of sp³-hybridized carbons (Fsp3) is 0.118. The molecule has 2 aromatic carbocycles. The molecule has 1 heterocycles. The molecule has 3 aromatic rings. The van der Waals surface area contributed by atoms with Crippen LogP contribution in [0.25, 0.3) is 0 Å². The second-order valence-electron chi connectivity index (χ2n) is 5.27. The van der Waals surface area contributed by atoms with Crippen LogP contribution in [-0.4, -0.2) is 13.4 Å². The number of benzene rings is 2. The number of hydrogen-bond donors (Lipinski definition) is 2.